The lowest BCUT2D eigenvalue weighted by Gasteiger charge is -2.32. The molecule has 1 amide bonds. The highest BCUT2D eigenvalue weighted by atomic mass is 16.5. The molecule has 17 heavy (non-hydrogen) atoms. The monoisotopic (exact) mass is 243 g/mol. The molecular weight excluding hydrogens is 214 g/mol. The zero-order chi connectivity index (χ0) is 13.5. The van der Waals surface area contributed by atoms with Gasteiger partial charge in [0.1, 0.15) is 0 Å². The molecule has 0 aliphatic carbocycles. The molecular formula is C14H29NO2. The van der Waals surface area contributed by atoms with Gasteiger partial charge in [-0.05, 0) is 47.5 Å². The predicted octanol–water partition coefficient (Wildman–Crippen LogP) is 3.23. The van der Waals surface area contributed by atoms with E-state index in [1.807, 2.05) is 25.8 Å². The van der Waals surface area contributed by atoms with Crippen LogP contribution in [0.25, 0.3) is 0 Å². The van der Waals surface area contributed by atoms with E-state index in [-0.39, 0.29) is 11.4 Å². The Kier molecular flexibility index (Phi) is 7.44. The molecule has 0 unspecified atom stereocenters. The molecule has 0 saturated carbocycles. The number of unbranched alkanes of at least 4 members (excludes halogenated alkanes) is 2. The quantitative estimate of drug-likeness (QED) is 0.642. The van der Waals surface area contributed by atoms with E-state index in [4.69, 9.17) is 4.74 Å². The van der Waals surface area contributed by atoms with Crippen LogP contribution in [-0.4, -0.2) is 36.1 Å². The van der Waals surface area contributed by atoms with Crippen LogP contribution in [0.1, 0.15) is 60.3 Å². The average Bonchev–Trinajstić information content (AvgIpc) is 2.19. The zero-order valence-electron chi connectivity index (χ0n) is 12.4. The van der Waals surface area contributed by atoms with E-state index in [9.17, 15) is 4.79 Å². The Morgan fingerprint density at radius 1 is 1.18 bits per heavy atom. The van der Waals surface area contributed by atoms with Gasteiger partial charge in [0.05, 0.1) is 6.10 Å². The lowest BCUT2D eigenvalue weighted by Crippen LogP contribution is -2.42. The van der Waals surface area contributed by atoms with Crippen LogP contribution in [0.4, 0.5) is 0 Å². The first-order chi connectivity index (χ1) is 7.75. The van der Waals surface area contributed by atoms with Crippen LogP contribution in [0.15, 0.2) is 0 Å². The summed E-state index contributed by atoms with van der Waals surface area (Å²) in [6.07, 6.45) is 4.03. The second-order valence-corrected chi connectivity index (χ2v) is 5.85. The summed E-state index contributed by atoms with van der Waals surface area (Å²) in [5.74, 6) is 0.238. The highest BCUT2D eigenvalue weighted by Crippen LogP contribution is 2.13. The maximum Gasteiger partial charge on any atom is 0.222 e. The van der Waals surface area contributed by atoms with Crippen molar-refractivity contribution in [3.63, 3.8) is 0 Å². The van der Waals surface area contributed by atoms with Gasteiger partial charge in [0.25, 0.3) is 0 Å². The molecule has 0 rings (SSSR count). The Bertz CT molecular complexity index is 219. The molecule has 0 atom stereocenters. The molecule has 0 saturated heterocycles. The maximum absolute atomic E-state index is 11.8. The van der Waals surface area contributed by atoms with Gasteiger partial charge in [-0.1, -0.05) is 6.42 Å². The number of rotatable bonds is 7. The van der Waals surface area contributed by atoms with E-state index < -0.39 is 0 Å². The first-order valence-electron chi connectivity index (χ1n) is 6.63. The summed E-state index contributed by atoms with van der Waals surface area (Å²) < 4.78 is 5.46. The molecule has 0 radical (unpaired) electrons. The molecule has 3 nitrogen and oxygen atoms in total. The highest BCUT2D eigenvalue weighted by Gasteiger charge is 2.21. The molecule has 0 aromatic rings. The number of nitrogens with zero attached hydrogens (tertiary/aromatic N) is 1. The van der Waals surface area contributed by atoms with E-state index in [0.29, 0.717) is 12.5 Å². The molecule has 0 heterocycles. The number of ether oxygens (including phenoxy) is 1. The third-order valence-electron chi connectivity index (χ3n) is 2.87. The summed E-state index contributed by atoms with van der Waals surface area (Å²) in [7, 11) is 1.88. The van der Waals surface area contributed by atoms with E-state index in [1.54, 1.807) is 0 Å². The van der Waals surface area contributed by atoms with Crippen LogP contribution in [0.2, 0.25) is 0 Å². The van der Waals surface area contributed by atoms with Crippen molar-refractivity contribution in [3.05, 3.63) is 0 Å². The van der Waals surface area contributed by atoms with Crippen molar-refractivity contribution in [1.82, 2.24) is 4.90 Å². The van der Waals surface area contributed by atoms with Gasteiger partial charge in [0, 0.05) is 25.6 Å². The summed E-state index contributed by atoms with van der Waals surface area (Å²) in [6, 6.07) is 0. The largest absolute Gasteiger partial charge is 0.379 e. The zero-order valence-corrected chi connectivity index (χ0v) is 12.4. The van der Waals surface area contributed by atoms with E-state index in [2.05, 4.69) is 20.8 Å². The molecule has 3 heteroatoms. The first-order valence-corrected chi connectivity index (χ1v) is 6.63. The lowest BCUT2D eigenvalue weighted by atomic mass is 10.1. The Labute approximate surface area is 107 Å². The normalized spacial score (nSPS) is 11.9. The van der Waals surface area contributed by atoms with Gasteiger partial charge in [0.15, 0.2) is 0 Å². The summed E-state index contributed by atoms with van der Waals surface area (Å²) in [5, 5.41) is 0. The topological polar surface area (TPSA) is 29.5 Å². The standard InChI is InChI=1S/C14H29NO2/c1-12(2)17-11-9-7-8-10-13(16)15(6)14(3,4)5/h12H,7-11H2,1-6H3. The van der Waals surface area contributed by atoms with Crippen molar-refractivity contribution in [2.75, 3.05) is 13.7 Å². The van der Waals surface area contributed by atoms with Gasteiger partial charge in [-0.25, -0.2) is 0 Å². The van der Waals surface area contributed by atoms with E-state index >= 15 is 0 Å². The van der Waals surface area contributed by atoms with Crippen LogP contribution in [0.5, 0.6) is 0 Å². The van der Waals surface area contributed by atoms with Gasteiger partial charge >= 0.3 is 0 Å². The smallest absolute Gasteiger partial charge is 0.222 e. The first kappa shape index (κ1) is 16.4. The molecule has 0 bridgehead atoms. The minimum Gasteiger partial charge on any atom is -0.379 e. The molecule has 0 aliphatic rings. The van der Waals surface area contributed by atoms with Crippen molar-refractivity contribution >= 4 is 5.91 Å². The summed E-state index contributed by atoms with van der Waals surface area (Å²) >= 11 is 0. The maximum atomic E-state index is 11.8. The Balaban J connectivity index is 3.59. The van der Waals surface area contributed by atoms with Crippen molar-refractivity contribution < 1.29 is 9.53 Å². The van der Waals surface area contributed by atoms with Crippen molar-refractivity contribution in [3.8, 4) is 0 Å². The summed E-state index contributed by atoms with van der Waals surface area (Å²) in [5.41, 5.74) is -0.0716. The average molecular weight is 243 g/mol. The lowest BCUT2D eigenvalue weighted by molar-refractivity contribution is -0.134. The second-order valence-electron chi connectivity index (χ2n) is 5.85. The van der Waals surface area contributed by atoms with Gasteiger partial charge < -0.3 is 9.64 Å². The van der Waals surface area contributed by atoms with Gasteiger partial charge in [-0.3, -0.25) is 4.79 Å². The van der Waals surface area contributed by atoms with Gasteiger partial charge in [-0.2, -0.15) is 0 Å². The Hall–Kier alpha value is -0.570. The van der Waals surface area contributed by atoms with Crippen molar-refractivity contribution in [2.45, 2.75) is 71.9 Å². The fraction of sp³-hybridized carbons (Fsp3) is 0.929. The molecule has 0 aromatic heterocycles. The van der Waals surface area contributed by atoms with Crippen molar-refractivity contribution in [1.29, 1.82) is 0 Å². The van der Waals surface area contributed by atoms with E-state index in [1.165, 1.54) is 0 Å². The van der Waals surface area contributed by atoms with Crippen molar-refractivity contribution in [2.24, 2.45) is 0 Å². The number of hydrogen-bond acceptors (Lipinski definition) is 2. The minimum atomic E-state index is -0.0716. The molecule has 0 fully saturated rings. The van der Waals surface area contributed by atoms with Crippen LogP contribution in [0, 0.1) is 0 Å². The van der Waals surface area contributed by atoms with Crippen LogP contribution < -0.4 is 0 Å². The number of carbonyl (C=O) groups is 1. The molecule has 0 spiro atoms. The highest BCUT2D eigenvalue weighted by molar-refractivity contribution is 5.76. The summed E-state index contributed by atoms with van der Waals surface area (Å²) in [4.78, 5) is 13.7. The fourth-order valence-electron chi connectivity index (χ4n) is 1.42. The van der Waals surface area contributed by atoms with Gasteiger partial charge in [0.2, 0.25) is 5.91 Å². The number of amides is 1. The van der Waals surface area contributed by atoms with Crippen LogP contribution >= 0.6 is 0 Å². The number of carbonyl (C=O) groups excluding carboxylic acids is 1. The minimum absolute atomic E-state index is 0.0716. The summed E-state index contributed by atoms with van der Waals surface area (Å²) in [6.45, 7) is 11.1. The SMILES string of the molecule is CC(C)OCCCCCC(=O)N(C)C(C)(C)C. The third kappa shape index (κ3) is 8.19. The molecule has 0 aliphatic heterocycles. The Morgan fingerprint density at radius 2 is 1.76 bits per heavy atom. The fourth-order valence-corrected chi connectivity index (χ4v) is 1.42. The predicted molar refractivity (Wildman–Crippen MR) is 72.1 cm³/mol. The third-order valence-corrected chi connectivity index (χ3v) is 2.87. The van der Waals surface area contributed by atoms with Crippen LogP contribution in [0.3, 0.4) is 0 Å². The Morgan fingerprint density at radius 3 is 2.24 bits per heavy atom. The van der Waals surface area contributed by atoms with Crippen LogP contribution in [-0.2, 0) is 9.53 Å². The molecule has 0 N–H and O–H groups in total. The van der Waals surface area contributed by atoms with E-state index in [0.717, 1.165) is 25.9 Å². The molecule has 102 valence electrons. The van der Waals surface area contributed by atoms with Gasteiger partial charge in [-0.15, -0.1) is 0 Å². The second kappa shape index (κ2) is 7.70. The number of hydrogen-bond donors (Lipinski definition) is 0. The molecule has 0 aromatic carbocycles.